The molecule has 1 fully saturated rings. The second kappa shape index (κ2) is 5.01. The molecule has 20 heavy (non-hydrogen) atoms. The molecule has 0 N–H and O–H groups in total. The van der Waals surface area contributed by atoms with Gasteiger partial charge in [0, 0.05) is 25.9 Å². The number of hydrogen-bond donors (Lipinski definition) is 0. The maximum Gasteiger partial charge on any atom is 0.249 e. The van der Waals surface area contributed by atoms with E-state index in [-0.39, 0.29) is 5.91 Å². The average molecular weight is 275 g/mol. The molecule has 0 radical (unpaired) electrons. The minimum atomic E-state index is -0.693. The van der Waals surface area contributed by atoms with Gasteiger partial charge in [0.15, 0.2) is 12.5 Å². The van der Waals surface area contributed by atoms with Crippen LogP contribution in [-0.2, 0) is 19.0 Å². The Morgan fingerprint density at radius 3 is 2.65 bits per heavy atom. The topological polar surface area (TPSA) is 48.0 Å². The maximum absolute atomic E-state index is 12.2. The van der Waals surface area contributed by atoms with Crippen molar-refractivity contribution in [3.8, 4) is 0 Å². The Morgan fingerprint density at radius 2 is 2.00 bits per heavy atom. The first kappa shape index (κ1) is 13.3. The molecule has 2 aliphatic rings. The summed E-state index contributed by atoms with van der Waals surface area (Å²) in [6.07, 6.45) is 2.41. The lowest BCUT2D eigenvalue weighted by Crippen LogP contribution is -2.54. The zero-order chi connectivity index (χ0) is 14.2. The molecule has 0 bridgehead atoms. The third-order valence-corrected chi connectivity index (χ3v) is 3.83. The monoisotopic (exact) mass is 275 g/mol. The maximum atomic E-state index is 12.2. The van der Waals surface area contributed by atoms with Crippen LogP contribution in [0.3, 0.4) is 0 Å². The van der Waals surface area contributed by atoms with Crippen molar-refractivity contribution in [1.29, 1.82) is 0 Å². The lowest BCUT2D eigenvalue weighted by Gasteiger charge is -2.36. The predicted octanol–water partition coefficient (Wildman–Crippen LogP) is 1.47. The fraction of sp³-hybridized carbons (Fsp3) is 0.400. The lowest BCUT2D eigenvalue weighted by molar-refractivity contribution is -0.170. The third kappa shape index (κ3) is 1.78. The zero-order valence-corrected chi connectivity index (χ0v) is 11.5. The van der Waals surface area contributed by atoms with Crippen LogP contribution in [0, 0.1) is 0 Å². The third-order valence-electron chi connectivity index (χ3n) is 3.83. The predicted molar refractivity (Wildman–Crippen MR) is 71.7 cm³/mol. The Labute approximate surface area is 117 Å². The van der Waals surface area contributed by atoms with E-state index >= 15 is 0 Å². The molecule has 0 spiro atoms. The van der Waals surface area contributed by atoms with E-state index in [9.17, 15) is 4.79 Å². The SMILES string of the molecule is COC(OC)C12C=CC(=O)N1[C@@H](c1ccccc1)OC2. The molecular formula is C15H17NO4. The smallest absolute Gasteiger partial charge is 0.249 e. The molecule has 1 aromatic carbocycles. The minimum absolute atomic E-state index is 0.0875. The quantitative estimate of drug-likeness (QED) is 0.781. The standard InChI is InChI=1S/C15H17NO4/c1-18-14(19-2)15-9-8-12(17)16(15)13(20-10-15)11-6-4-3-5-7-11/h3-9,13-14H,10H2,1-2H3/t13-,15?/m1/s1. The molecule has 106 valence electrons. The van der Waals surface area contributed by atoms with Crippen LogP contribution in [0.25, 0.3) is 0 Å². The zero-order valence-electron chi connectivity index (χ0n) is 11.5. The molecule has 1 aromatic rings. The van der Waals surface area contributed by atoms with E-state index < -0.39 is 18.1 Å². The highest BCUT2D eigenvalue weighted by atomic mass is 16.7. The van der Waals surface area contributed by atoms with Crippen molar-refractivity contribution in [1.82, 2.24) is 4.90 Å². The number of carbonyl (C=O) groups is 1. The Bertz CT molecular complexity index is 526. The number of rotatable bonds is 4. The molecule has 0 saturated carbocycles. The van der Waals surface area contributed by atoms with Gasteiger partial charge >= 0.3 is 0 Å². The van der Waals surface area contributed by atoms with Gasteiger partial charge in [-0.15, -0.1) is 0 Å². The Morgan fingerprint density at radius 1 is 1.30 bits per heavy atom. The molecule has 0 aromatic heterocycles. The van der Waals surface area contributed by atoms with Gasteiger partial charge in [0.1, 0.15) is 5.54 Å². The van der Waals surface area contributed by atoms with Gasteiger partial charge in [-0.3, -0.25) is 9.69 Å². The molecule has 1 saturated heterocycles. The molecule has 2 heterocycles. The summed E-state index contributed by atoms with van der Waals surface area (Å²) < 4.78 is 16.6. The summed E-state index contributed by atoms with van der Waals surface area (Å²) in [4.78, 5) is 13.9. The fourth-order valence-electron chi connectivity index (χ4n) is 2.95. The van der Waals surface area contributed by atoms with Crippen LogP contribution in [-0.4, -0.2) is 43.5 Å². The van der Waals surface area contributed by atoms with Gasteiger partial charge in [0.2, 0.25) is 5.91 Å². The van der Waals surface area contributed by atoms with E-state index in [1.165, 1.54) is 0 Å². The largest absolute Gasteiger partial charge is 0.353 e. The van der Waals surface area contributed by atoms with Crippen molar-refractivity contribution in [2.75, 3.05) is 20.8 Å². The summed E-state index contributed by atoms with van der Waals surface area (Å²) in [6, 6.07) is 9.68. The van der Waals surface area contributed by atoms with E-state index in [2.05, 4.69) is 0 Å². The van der Waals surface area contributed by atoms with Crippen molar-refractivity contribution in [2.45, 2.75) is 18.1 Å². The first-order valence-electron chi connectivity index (χ1n) is 6.47. The summed E-state index contributed by atoms with van der Waals surface area (Å²) in [7, 11) is 3.13. The van der Waals surface area contributed by atoms with Crippen LogP contribution in [0.5, 0.6) is 0 Å². The molecule has 1 amide bonds. The second-order valence-electron chi connectivity index (χ2n) is 4.91. The van der Waals surface area contributed by atoms with Gasteiger partial charge in [-0.05, 0) is 6.08 Å². The normalized spacial score (nSPS) is 28.4. The van der Waals surface area contributed by atoms with Gasteiger partial charge in [-0.2, -0.15) is 0 Å². The molecule has 5 nitrogen and oxygen atoms in total. The van der Waals surface area contributed by atoms with E-state index in [0.29, 0.717) is 6.61 Å². The Kier molecular flexibility index (Phi) is 3.33. The van der Waals surface area contributed by atoms with Crippen molar-refractivity contribution >= 4 is 5.91 Å². The van der Waals surface area contributed by atoms with Crippen molar-refractivity contribution < 1.29 is 19.0 Å². The summed E-state index contributed by atoms with van der Waals surface area (Å²) in [5, 5.41) is 0. The van der Waals surface area contributed by atoms with Crippen molar-refractivity contribution in [2.24, 2.45) is 0 Å². The van der Waals surface area contributed by atoms with Crippen LogP contribution >= 0.6 is 0 Å². The average Bonchev–Trinajstić information content (AvgIpc) is 3.01. The van der Waals surface area contributed by atoms with Gasteiger partial charge < -0.3 is 14.2 Å². The number of nitrogens with zero attached hydrogens (tertiary/aromatic N) is 1. The van der Waals surface area contributed by atoms with E-state index in [0.717, 1.165) is 5.56 Å². The van der Waals surface area contributed by atoms with E-state index in [1.54, 1.807) is 25.2 Å². The van der Waals surface area contributed by atoms with Gasteiger partial charge in [-0.1, -0.05) is 30.3 Å². The van der Waals surface area contributed by atoms with Crippen molar-refractivity contribution in [3.05, 3.63) is 48.0 Å². The van der Waals surface area contributed by atoms with Crippen LogP contribution < -0.4 is 0 Å². The molecule has 2 aliphatic heterocycles. The van der Waals surface area contributed by atoms with Gasteiger partial charge in [0.25, 0.3) is 0 Å². The van der Waals surface area contributed by atoms with Crippen LogP contribution in [0.15, 0.2) is 42.5 Å². The highest BCUT2D eigenvalue weighted by molar-refractivity contribution is 5.92. The van der Waals surface area contributed by atoms with Crippen LogP contribution in [0.2, 0.25) is 0 Å². The highest BCUT2D eigenvalue weighted by Crippen LogP contribution is 2.44. The number of hydrogen-bond acceptors (Lipinski definition) is 4. The van der Waals surface area contributed by atoms with E-state index in [4.69, 9.17) is 14.2 Å². The number of carbonyl (C=O) groups excluding carboxylic acids is 1. The molecule has 5 heteroatoms. The van der Waals surface area contributed by atoms with Gasteiger partial charge in [0.05, 0.1) is 6.61 Å². The van der Waals surface area contributed by atoms with Crippen LogP contribution in [0.1, 0.15) is 11.8 Å². The molecule has 1 unspecified atom stereocenters. The first-order valence-corrected chi connectivity index (χ1v) is 6.47. The summed E-state index contributed by atoms with van der Waals surface area (Å²) in [5.41, 5.74) is 0.249. The first-order chi connectivity index (χ1) is 9.73. The number of fused-ring (bicyclic) bond motifs is 1. The Balaban J connectivity index is 1.98. The van der Waals surface area contributed by atoms with Crippen LogP contribution in [0.4, 0.5) is 0 Å². The molecule has 2 atom stereocenters. The summed E-state index contributed by atoms with van der Waals surface area (Å²) in [5.74, 6) is -0.0875. The molecule has 3 rings (SSSR count). The summed E-state index contributed by atoms with van der Waals surface area (Å²) >= 11 is 0. The lowest BCUT2D eigenvalue weighted by atomic mass is 10.0. The molecule has 0 aliphatic carbocycles. The summed E-state index contributed by atoms with van der Waals surface area (Å²) in [6.45, 7) is 0.348. The van der Waals surface area contributed by atoms with E-state index in [1.807, 2.05) is 36.4 Å². The molecular weight excluding hydrogens is 258 g/mol. The van der Waals surface area contributed by atoms with Crippen molar-refractivity contribution in [3.63, 3.8) is 0 Å². The number of amides is 1. The highest BCUT2D eigenvalue weighted by Gasteiger charge is 2.56. The minimum Gasteiger partial charge on any atom is -0.353 e. The van der Waals surface area contributed by atoms with Gasteiger partial charge in [-0.25, -0.2) is 0 Å². The fourth-order valence-corrected chi connectivity index (χ4v) is 2.95. The number of benzene rings is 1. The Hall–Kier alpha value is -1.69. The second-order valence-corrected chi connectivity index (χ2v) is 4.91. The number of methoxy groups -OCH3 is 2. The number of ether oxygens (including phenoxy) is 3.